The molecule has 0 amide bonds. The maximum Gasteiger partial charge on any atom is 0.160 e. The monoisotopic (exact) mass is 304 g/mol. The van der Waals surface area contributed by atoms with E-state index in [4.69, 9.17) is 9.47 Å². The molecular formula is C15H20N4O3. The van der Waals surface area contributed by atoms with Gasteiger partial charge >= 0.3 is 0 Å². The summed E-state index contributed by atoms with van der Waals surface area (Å²) in [5.41, 5.74) is 1.87. The second-order valence-corrected chi connectivity index (χ2v) is 5.90. The highest BCUT2D eigenvalue weighted by Gasteiger charge is 2.48. The summed E-state index contributed by atoms with van der Waals surface area (Å²) in [7, 11) is 0. The Labute approximate surface area is 128 Å². The summed E-state index contributed by atoms with van der Waals surface area (Å²) in [5, 5.41) is 9.89. The number of nitrogens with zero attached hydrogens (tertiary/aromatic N) is 3. The first-order chi connectivity index (χ1) is 10.7. The Morgan fingerprint density at radius 1 is 1.36 bits per heavy atom. The fourth-order valence-electron chi connectivity index (χ4n) is 3.37. The zero-order valence-corrected chi connectivity index (χ0v) is 12.7. The molecule has 2 aliphatic heterocycles. The molecule has 4 rings (SSSR count). The van der Waals surface area contributed by atoms with Crippen LogP contribution in [-0.2, 0) is 15.9 Å². The van der Waals surface area contributed by atoms with Gasteiger partial charge in [-0.25, -0.2) is 9.97 Å². The average Bonchev–Trinajstić information content (AvgIpc) is 3.24. The van der Waals surface area contributed by atoms with E-state index in [0.29, 0.717) is 13.2 Å². The highest BCUT2D eigenvalue weighted by atomic mass is 16.6. The first-order valence-electron chi connectivity index (χ1n) is 7.69. The molecule has 0 saturated carbocycles. The molecule has 0 radical (unpaired) electrons. The molecule has 2 aliphatic rings. The van der Waals surface area contributed by atoms with E-state index in [2.05, 4.69) is 26.4 Å². The van der Waals surface area contributed by atoms with Gasteiger partial charge in [-0.1, -0.05) is 6.92 Å². The first kappa shape index (κ1) is 13.9. The molecule has 7 nitrogen and oxygen atoms in total. The van der Waals surface area contributed by atoms with E-state index in [1.54, 1.807) is 6.20 Å². The van der Waals surface area contributed by atoms with Gasteiger partial charge in [-0.3, -0.25) is 0 Å². The number of imidazole rings is 2. The van der Waals surface area contributed by atoms with Crippen molar-refractivity contribution in [3.8, 4) is 11.5 Å². The topological polar surface area (TPSA) is 85.2 Å². The van der Waals surface area contributed by atoms with Crippen LogP contribution >= 0.6 is 0 Å². The SMILES string of the molecule is CCc1nc(-c2nccn2[C@@H]2CO[C@H]3[C@@H]2OC[C@H]3O)c(C)[nH]1. The van der Waals surface area contributed by atoms with Crippen molar-refractivity contribution >= 4 is 0 Å². The Bertz CT molecular complexity index is 680. The summed E-state index contributed by atoms with van der Waals surface area (Å²) in [5.74, 6) is 1.77. The van der Waals surface area contributed by atoms with Gasteiger partial charge in [0.2, 0.25) is 0 Å². The minimum Gasteiger partial charge on any atom is -0.388 e. The Morgan fingerprint density at radius 3 is 2.95 bits per heavy atom. The molecule has 0 aliphatic carbocycles. The number of hydrogen-bond acceptors (Lipinski definition) is 5. The molecule has 2 saturated heterocycles. The van der Waals surface area contributed by atoms with E-state index in [1.165, 1.54) is 0 Å². The van der Waals surface area contributed by atoms with Crippen molar-refractivity contribution in [2.75, 3.05) is 13.2 Å². The normalized spacial score (nSPS) is 30.9. The van der Waals surface area contributed by atoms with Gasteiger partial charge in [0.15, 0.2) is 5.82 Å². The molecule has 22 heavy (non-hydrogen) atoms. The Kier molecular flexibility index (Phi) is 3.28. The van der Waals surface area contributed by atoms with Gasteiger partial charge in [0, 0.05) is 24.5 Å². The van der Waals surface area contributed by atoms with Crippen LogP contribution in [0.5, 0.6) is 0 Å². The fraction of sp³-hybridized carbons (Fsp3) is 0.600. The zero-order chi connectivity index (χ0) is 15.3. The number of H-pyrrole nitrogens is 1. The smallest absolute Gasteiger partial charge is 0.160 e. The minimum atomic E-state index is -0.541. The Hall–Kier alpha value is -1.70. The number of aromatic nitrogens is 4. The highest BCUT2D eigenvalue weighted by molar-refractivity contribution is 5.54. The molecule has 118 valence electrons. The summed E-state index contributed by atoms with van der Waals surface area (Å²) in [6.07, 6.45) is 3.64. The molecule has 7 heteroatoms. The van der Waals surface area contributed by atoms with Crippen LogP contribution < -0.4 is 0 Å². The summed E-state index contributed by atoms with van der Waals surface area (Å²) in [4.78, 5) is 12.4. The lowest BCUT2D eigenvalue weighted by Crippen LogP contribution is -2.30. The number of aliphatic hydroxyl groups excluding tert-OH is 1. The molecule has 0 aromatic carbocycles. The summed E-state index contributed by atoms with van der Waals surface area (Å²) in [6, 6.07) is 0.0147. The van der Waals surface area contributed by atoms with E-state index in [9.17, 15) is 5.11 Å². The second-order valence-electron chi connectivity index (χ2n) is 5.90. The van der Waals surface area contributed by atoms with Crippen LogP contribution in [0.2, 0.25) is 0 Å². The van der Waals surface area contributed by atoms with Crippen molar-refractivity contribution in [1.82, 2.24) is 19.5 Å². The molecule has 0 bridgehead atoms. The summed E-state index contributed by atoms with van der Waals surface area (Å²) < 4.78 is 13.5. The lowest BCUT2D eigenvalue weighted by Gasteiger charge is -2.19. The van der Waals surface area contributed by atoms with Crippen molar-refractivity contribution in [2.45, 2.75) is 44.6 Å². The predicted molar refractivity (Wildman–Crippen MR) is 78.4 cm³/mol. The van der Waals surface area contributed by atoms with Crippen molar-refractivity contribution in [2.24, 2.45) is 0 Å². The van der Waals surface area contributed by atoms with E-state index in [1.807, 2.05) is 13.1 Å². The fourth-order valence-corrected chi connectivity index (χ4v) is 3.37. The Balaban J connectivity index is 1.70. The number of nitrogens with one attached hydrogen (secondary N) is 1. The van der Waals surface area contributed by atoms with E-state index in [0.717, 1.165) is 29.5 Å². The van der Waals surface area contributed by atoms with Gasteiger partial charge in [-0.05, 0) is 6.92 Å². The number of rotatable bonds is 3. The van der Waals surface area contributed by atoms with E-state index in [-0.39, 0.29) is 18.2 Å². The lowest BCUT2D eigenvalue weighted by atomic mass is 10.1. The number of aliphatic hydroxyl groups is 1. The maximum absolute atomic E-state index is 9.89. The largest absolute Gasteiger partial charge is 0.388 e. The van der Waals surface area contributed by atoms with Gasteiger partial charge < -0.3 is 24.1 Å². The minimum absolute atomic E-state index is 0.0147. The summed E-state index contributed by atoms with van der Waals surface area (Å²) in [6.45, 7) is 4.92. The highest BCUT2D eigenvalue weighted by Crippen LogP contribution is 2.36. The number of hydrogen-bond donors (Lipinski definition) is 2. The molecule has 2 aromatic rings. The number of aromatic amines is 1. The quantitative estimate of drug-likeness (QED) is 0.878. The van der Waals surface area contributed by atoms with Gasteiger partial charge in [0.25, 0.3) is 0 Å². The van der Waals surface area contributed by atoms with Gasteiger partial charge in [-0.15, -0.1) is 0 Å². The third kappa shape index (κ3) is 2.00. The lowest BCUT2D eigenvalue weighted by molar-refractivity contribution is 0.0172. The molecule has 2 fully saturated rings. The molecule has 4 atom stereocenters. The summed E-state index contributed by atoms with van der Waals surface area (Å²) >= 11 is 0. The zero-order valence-electron chi connectivity index (χ0n) is 12.7. The molecule has 4 heterocycles. The Morgan fingerprint density at radius 2 is 2.18 bits per heavy atom. The number of ether oxygens (including phenoxy) is 2. The number of fused-ring (bicyclic) bond motifs is 1. The van der Waals surface area contributed by atoms with Crippen LogP contribution in [0, 0.1) is 6.92 Å². The van der Waals surface area contributed by atoms with Crippen molar-refractivity contribution in [1.29, 1.82) is 0 Å². The third-order valence-electron chi connectivity index (χ3n) is 4.51. The van der Waals surface area contributed by atoms with Crippen LogP contribution in [0.4, 0.5) is 0 Å². The van der Waals surface area contributed by atoms with Gasteiger partial charge in [0.05, 0.1) is 19.3 Å². The maximum atomic E-state index is 9.89. The molecular weight excluding hydrogens is 284 g/mol. The van der Waals surface area contributed by atoms with E-state index >= 15 is 0 Å². The molecule has 2 N–H and O–H groups in total. The standard InChI is InChI=1S/C15H20N4O3/c1-3-11-17-8(2)12(18-11)15-16-4-5-19(15)9-6-21-14-10(20)7-22-13(9)14/h4-5,9-10,13-14,20H,3,6-7H2,1-2H3,(H,17,18)/t9-,10-,13-,14-/m1/s1. The van der Waals surface area contributed by atoms with Crippen LogP contribution in [0.15, 0.2) is 12.4 Å². The average molecular weight is 304 g/mol. The van der Waals surface area contributed by atoms with Crippen LogP contribution in [0.3, 0.4) is 0 Å². The predicted octanol–water partition coefficient (Wildman–Crippen LogP) is 0.844. The number of aryl methyl sites for hydroxylation is 2. The molecule has 0 unspecified atom stereocenters. The van der Waals surface area contributed by atoms with Crippen molar-refractivity contribution in [3.63, 3.8) is 0 Å². The molecule has 2 aromatic heterocycles. The molecule has 0 spiro atoms. The van der Waals surface area contributed by atoms with Crippen LogP contribution in [-0.4, -0.2) is 56.2 Å². The van der Waals surface area contributed by atoms with E-state index < -0.39 is 6.10 Å². The second kappa shape index (κ2) is 5.19. The van der Waals surface area contributed by atoms with Crippen LogP contribution in [0.1, 0.15) is 24.5 Å². The van der Waals surface area contributed by atoms with Crippen LogP contribution in [0.25, 0.3) is 11.5 Å². The van der Waals surface area contributed by atoms with Gasteiger partial charge in [0.1, 0.15) is 29.8 Å². The van der Waals surface area contributed by atoms with Gasteiger partial charge in [-0.2, -0.15) is 0 Å². The van der Waals surface area contributed by atoms with Crippen molar-refractivity contribution < 1.29 is 14.6 Å². The van der Waals surface area contributed by atoms with Crippen molar-refractivity contribution in [3.05, 3.63) is 23.9 Å². The third-order valence-corrected chi connectivity index (χ3v) is 4.51. The first-order valence-corrected chi connectivity index (χ1v) is 7.69.